The summed E-state index contributed by atoms with van der Waals surface area (Å²) in [5.74, 6) is 0. The van der Waals surface area contributed by atoms with Crippen LogP contribution in [-0.2, 0) is 0 Å². The average Bonchev–Trinajstić information content (AvgIpc) is 2.20. The van der Waals surface area contributed by atoms with Gasteiger partial charge in [-0.1, -0.05) is 6.07 Å². The van der Waals surface area contributed by atoms with E-state index in [-0.39, 0.29) is 0 Å². The Morgan fingerprint density at radius 2 is 1.86 bits per heavy atom. The first kappa shape index (κ1) is 8.88. The van der Waals surface area contributed by atoms with Gasteiger partial charge in [0.15, 0.2) is 0 Å². The SMILES string of the molecule is Cc1ccc(-c2cccnc2C)nc1. The van der Waals surface area contributed by atoms with Gasteiger partial charge in [0, 0.05) is 23.7 Å². The second-order valence-electron chi connectivity index (χ2n) is 3.36. The molecule has 0 bridgehead atoms. The maximum atomic E-state index is 4.37. The van der Waals surface area contributed by atoms with E-state index in [4.69, 9.17) is 0 Å². The molecule has 0 saturated heterocycles. The van der Waals surface area contributed by atoms with Crippen molar-refractivity contribution in [2.75, 3.05) is 0 Å². The summed E-state index contributed by atoms with van der Waals surface area (Å²) in [5, 5.41) is 0. The summed E-state index contributed by atoms with van der Waals surface area (Å²) in [6.07, 6.45) is 3.68. The van der Waals surface area contributed by atoms with Crippen molar-refractivity contribution in [3.8, 4) is 11.3 Å². The molecule has 0 spiro atoms. The van der Waals surface area contributed by atoms with Gasteiger partial charge < -0.3 is 0 Å². The zero-order chi connectivity index (χ0) is 9.97. The average molecular weight is 184 g/mol. The Balaban J connectivity index is 2.50. The normalized spacial score (nSPS) is 10.1. The quantitative estimate of drug-likeness (QED) is 0.681. The second-order valence-corrected chi connectivity index (χ2v) is 3.36. The third-order valence-corrected chi connectivity index (χ3v) is 2.19. The van der Waals surface area contributed by atoms with Gasteiger partial charge in [-0.05, 0) is 37.6 Å². The van der Waals surface area contributed by atoms with Gasteiger partial charge in [-0.15, -0.1) is 0 Å². The van der Waals surface area contributed by atoms with Gasteiger partial charge in [0.05, 0.1) is 5.69 Å². The largest absolute Gasteiger partial charge is 0.261 e. The van der Waals surface area contributed by atoms with E-state index in [1.54, 1.807) is 6.20 Å². The smallest absolute Gasteiger partial charge is 0.0720 e. The Bertz CT molecular complexity index is 432. The van der Waals surface area contributed by atoms with Gasteiger partial charge in [-0.2, -0.15) is 0 Å². The van der Waals surface area contributed by atoms with Crippen LogP contribution in [0.5, 0.6) is 0 Å². The highest BCUT2D eigenvalue weighted by Gasteiger charge is 2.01. The molecule has 0 fully saturated rings. The first-order valence-electron chi connectivity index (χ1n) is 4.62. The van der Waals surface area contributed by atoms with Crippen LogP contribution in [0.1, 0.15) is 11.3 Å². The van der Waals surface area contributed by atoms with Gasteiger partial charge in [-0.25, -0.2) is 0 Å². The number of aryl methyl sites for hydroxylation is 2. The molecule has 70 valence electrons. The molecule has 0 saturated carbocycles. The lowest BCUT2D eigenvalue weighted by Gasteiger charge is -2.03. The van der Waals surface area contributed by atoms with E-state index >= 15 is 0 Å². The summed E-state index contributed by atoms with van der Waals surface area (Å²) in [4.78, 5) is 8.61. The molecule has 2 heteroatoms. The van der Waals surface area contributed by atoms with E-state index in [9.17, 15) is 0 Å². The van der Waals surface area contributed by atoms with E-state index < -0.39 is 0 Å². The molecular weight excluding hydrogens is 172 g/mol. The topological polar surface area (TPSA) is 25.8 Å². The van der Waals surface area contributed by atoms with Crippen LogP contribution in [0.3, 0.4) is 0 Å². The predicted molar refractivity (Wildman–Crippen MR) is 56.9 cm³/mol. The minimum Gasteiger partial charge on any atom is -0.261 e. The molecule has 2 nitrogen and oxygen atoms in total. The van der Waals surface area contributed by atoms with E-state index in [1.807, 2.05) is 38.2 Å². The number of hydrogen-bond acceptors (Lipinski definition) is 2. The Kier molecular flexibility index (Phi) is 2.27. The first-order valence-corrected chi connectivity index (χ1v) is 4.62. The highest BCUT2D eigenvalue weighted by atomic mass is 14.7. The molecule has 2 rings (SSSR count). The number of nitrogens with zero attached hydrogens (tertiary/aromatic N) is 2. The Hall–Kier alpha value is -1.70. The molecule has 0 radical (unpaired) electrons. The summed E-state index contributed by atoms with van der Waals surface area (Å²) in [6, 6.07) is 8.07. The fourth-order valence-corrected chi connectivity index (χ4v) is 1.38. The van der Waals surface area contributed by atoms with Crippen LogP contribution >= 0.6 is 0 Å². The maximum Gasteiger partial charge on any atom is 0.0720 e. The van der Waals surface area contributed by atoms with Crippen molar-refractivity contribution < 1.29 is 0 Å². The highest BCUT2D eigenvalue weighted by molar-refractivity contribution is 5.61. The van der Waals surface area contributed by atoms with Crippen molar-refractivity contribution in [1.29, 1.82) is 0 Å². The molecule has 0 unspecified atom stereocenters. The molecule has 0 aliphatic heterocycles. The minimum atomic E-state index is 0.987. The molecule has 0 atom stereocenters. The summed E-state index contributed by atoms with van der Waals surface area (Å²) in [6.45, 7) is 4.03. The van der Waals surface area contributed by atoms with Crippen LogP contribution in [0, 0.1) is 13.8 Å². The van der Waals surface area contributed by atoms with Gasteiger partial charge in [-0.3, -0.25) is 9.97 Å². The first-order chi connectivity index (χ1) is 6.77. The number of hydrogen-bond donors (Lipinski definition) is 0. The van der Waals surface area contributed by atoms with Crippen LogP contribution in [0.15, 0.2) is 36.7 Å². The third-order valence-electron chi connectivity index (χ3n) is 2.19. The van der Waals surface area contributed by atoms with Crippen molar-refractivity contribution in [1.82, 2.24) is 9.97 Å². The van der Waals surface area contributed by atoms with Crippen molar-refractivity contribution in [3.63, 3.8) is 0 Å². The predicted octanol–water partition coefficient (Wildman–Crippen LogP) is 2.76. The van der Waals surface area contributed by atoms with Crippen LogP contribution in [-0.4, -0.2) is 9.97 Å². The summed E-state index contributed by atoms with van der Waals surface area (Å²) >= 11 is 0. The highest BCUT2D eigenvalue weighted by Crippen LogP contribution is 2.18. The van der Waals surface area contributed by atoms with Crippen LogP contribution in [0.2, 0.25) is 0 Å². The molecular formula is C12H12N2. The summed E-state index contributed by atoms with van der Waals surface area (Å²) < 4.78 is 0. The van der Waals surface area contributed by atoms with Gasteiger partial charge in [0.2, 0.25) is 0 Å². The maximum absolute atomic E-state index is 4.37. The van der Waals surface area contributed by atoms with E-state index in [0.717, 1.165) is 17.0 Å². The van der Waals surface area contributed by atoms with E-state index in [2.05, 4.69) is 16.0 Å². The molecule has 2 aromatic rings. The monoisotopic (exact) mass is 184 g/mol. The van der Waals surface area contributed by atoms with Crippen molar-refractivity contribution in [2.45, 2.75) is 13.8 Å². The van der Waals surface area contributed by atoms with Gasteiger partial charge in [0.25, 0.3) is 0 Å². The van der Waals surface area contributed by atoms with Crippen LogP contribution in [0.4, 0.5) is 0 Å². The lowest BCUT2D eigenvalue weighted by Crippen LogP contribution is -1.89. The van der Waals surface area contributed by atoms with Gasteiger partial charge >= 0.3 is 0 Å². The third kappa shape index (κ3) is 1.64. The number of rotatable bonds is 1. The summed E-state index contributed by atoms with van der Waals surface area (Å²) in [7, 11) is 0. The number of aromatic nitrogens is 2. The second kappa shape index (κ2) is 3.58. The Labute approximate surface area is 83.7 Å². The Morgan fingerprint density at radius 1 is 1.00 bits per heavy atom. The zero-order valence-corrected chi connectivity index (χ0v) is 8.36. The van der Waals surface area contributed by atoms with Crippen molar-refractivity contribution in [3.05, 3.63) is 47.9 Å². The molecule has 2 aromatic heterocycles. The lowest BCUT2D eigenvalue weighted by atomic mass is 10.1. The van der Waals surface area contributed by atoms with Crippen molar-refractivity contribution >= 4 is 0 Å². The lowest BCUT2D eigenvalue weighted by molar-refractivity contribution is 1.18. The Morgan fingerprint density at radius 3 is 2.50 bits per heavy atom. The van der Waals surface area contributed by atoms with E-state index in [0.29, 0.717) is 0 Å². The molecule has 0 aromatic carbocycles. The summed E-state index contributed by atoms with van der Waals surface area (Å²) in [5.41, 5.74) is 4.29. The van der Waals surface area contributed by atoms with Gasteiger partial charge in [0.1, 0.15) is 0 Å². The van der Waals surface area contributed by atoms with Crippen LogP contribution < -0.4 is 0 Å². The fraction of sp³-hybridized carbons (Fsp3) is 0.167. The molecule has 0 N–H and O–H groups in total. The number of pyridine rings is 2. The zero-order valence-electron chi connectivity index (χ0n) is 8.36. The fourth-order valence-electron chi connectivity index (χ4n) is 1.38. The molecule has 0 aliphatic carbocycles. The molecule has 14 heavy (non-hydrogen) atoms. The van der Waals surface area contributed by atoms with E-state index in [1.165, 1.54) is 5.56 Å². The molecule has 0 aliphatic rings. The minimum absolute atomic E-state index is 0.987. The molecule has 2 heterocycles. The van der Waals surface area contributed by atoms with Crippen LogP contribution in [0.25, 0.3) is 11.3 Å². The van der Waals surface area contributed by atoms with Crippen molar-refractivity contribution in [2.24, 2.45) is 0 Å². The molecule has 0 amide bonds. The standard InChI is InChI=1S/C12H12N2/c1-9-5-6-12(14-8-9)11-4-3-7-13-10(11)2/h3-8H,1-2H3.